The highest BCUT2D eigenvalue weighted by Crippen LogP contribution is 2.34. The molecule has 0 atom stereocenters. The molecule has 2 aromatic rings. The van der Waals surface area contributed by atoms with E-state index in [2.05, 4.69) is 35.2 Å². The molecule has 2 aromatic carbocycles. The fourth-order valence-corrected chi connectivity index (χ4v) is 3.08. The average Bonchev–Trinajstić information content (AvgIpc) is 2.69. The van der Waals surface area contributed by atoms with E-state index in [-0.39, 0.29) is 0 Å². The lowest BCUT2D eigenvalue weighted by Crippen LogP contribution is -2.18. The van der Waals surface area contributed by atoms with Crippen LogP contribution in [0.25, 0.3) is 0 Å². The minimum atomic E-state index is 0.482. The summed E-state index contributed by atoms with van der Waals surface area (Å²) in [6, 6.07) is 14.8. The van der Waals surface area contributed by atoms with Crippen LogP contribution in [0.15, 0.2) is 42.5 Å². The van der Waals surface area contributed by atoms with Crippen molar-refractivity contribution in [2.45, 2.75) is 25.8 Å². The molecule has 0 unspecified atom stereocenters. The highest BCUT2D eigenvalue weighted by molar-refractivity contribution is 6.31. The second kappa shape index (κ2) is 5.86. The van der Waals surface area contributed by atoms with Crippen LogP contribution < -0.4 is 10.6 Å². The molecule has 3 rings (SSSR count). The second-order valence-electron chi connectivity index (χ2n) is 5.22. The number of nitrogens with zero attached hydrogens (tertiary/aromatic N) is 1. The fraction of sp³-hybridized carbons (Fsp3) is 0.294. The Hall–Kier alpha value is -1.51. The molecule has 3 heteroatoms. The molecule has 0 amide bonds. The van der Waals surface area contributed by atoms with Crippen molar-refractivity contribution >= 4 is 23.0 Å². The van der Waals surface area contributed by atoms with Crippen LogP contribution in [0.5, 0.6) is 0 Å². The molecule has 0 fully saturated rings. The molecule has 0 radical (unpaired) electrons. The lowest BCUT2D eigenvalue weighted by molar-refractivity contribution is 0.761. The van der Waals surface area contributed by atoms with Gasteiger partial charge in [-0.3, -0.25) is 0 Å². The molecule has 1 aliphatic heterocycles. The minimum absolute atomic E-state index is 0.482. The monoisotopic (exact) mass is 286 g/mol. The van der Waals surface area contributed by atoms with Gasteiger partial charge < -0.3 is 10.6 Å². The summed E-state index contributed by atoms with van der Waals surface area (Å²) in [6.07, 6.45) is 3.59. The zero-order chi connectivity index (χ0) is 13.9. The molecular weight excluding hydrogens is 268 g/mol. The maximum Gasteiger partial charge on any atom is 0.0471 e. The summed E-state index contributed by atoms with van der Waals surface area (Å²) in [4.78, 5) is 2.37. The SMILES string of the molecule is NCc1ccc(N2CCCCc3ccccc32)cc1Cl. The lowest BCUT2D eigenvalue weighted by atomic mass is 10.1. The van der Waals surface area contributed by atoms with Crippen molar-refractivity contribution in [3.05, 3.63) is 58.6 Å². The summed E-state index contributed by atoms with van der Waals surface area (Å²) < 4.78 is 0. The van der Waals surface area contributed by atoms with Gasteiger partial charge in [-0.15, -0.1) is 0 Å². The molecule has 0 aliphatic carbocycles. The number of hydrogen-bond donors (Lipinski definition) is 1. The topological polar surface area (TPSA) is 29.3 Å². The van der Waals surface area contributed by atoms with Crippen molar-refractivity contribution in [2.24, 2.45) is 5.73 Å². The Morgan fingerprint density at radius 1 is 1.10 bits per heavy atom. The first-order valence-electron chi connectivity index (χ1n) is 7.13. The molecule has 0 bridgehead atoms. The number of halogens is 1. The van der Waals surface area contributed by atoms with Gasteiger partial charge in [-0.25, -0.2) is 0 Å². The largest absolute Gasteiger partial charge is 0.341 e. The van der Waals surface area contributed by atoms with Gasteiger partial charge in [0.2, 0.25) is 0 Å². The predicted molar refractivity (Wildman–Crippen MR) is 85.7 cm³/mol. The summed E-state index contributed by atoms with van der Waals surface area (Å²) in [7, 11) is 0. The van der Waals surface area contributed by atoms with E-state index in [4.69, 9.17) is 17.3 Å². The summed E-state index contributed by atoms with van der Waals surface area (Å²) in [5.74, 6) is 0. The highest BCUT2D eigenvalue weighted by atomic mass is 35.5. The van der Waals surface area contributed by atoms with Crippen molar-refractivity contribution in [2.75, 3.05) is 11.4 Å². The summed E-state index contributed by atoms with van der Waals surface area (Å²) in [6.45, 7) is 1.52. The smallest absolute Gasteiger partial charge is 0.0471 e. The number of aryl methyl sites for hydroxylation is 1. The Kier molecular flexibility index (Phi) is 3.95. The average molecular weight is 287 g/mol. The van der Waals surface area contributed by atoms with E-state index in [0.717, 1.165) is 29.2 Å². The standard InChI is InChI=1S/C17H19ClN2/c18-16-11-15(9-8-14(16)12-19)20-10-4-3-6-13-5-1-2-7-17(13)20/h1-2,5,7-9,11H,3-4,6,10,12,19H2. The van der Waals surface area contributed by atoms with E-state index >= 15 is 0 Å². The van der Waals surface area contributed by atoms with E-state index in [1.165, 1.54) is 24.1 Å². The van der Waals surface area contributed by atoms with Gasteiger partial charge in [0.1, 0.15) is 0 Å². The Bertz CT molecular complexity index is 610. The van der Waals surface area contributed by atoms with Gasteiger partial charge in [-0.05, 0) is 48.6 Å². The van der Waals surface area contributed by atoms with Crippen LogP contribution in [0.3, 0.4) is 0 Å². The van der Waals surface area contributed by atoms with E-state index in [1.807, 2.05) is 12.1 Å². The summed E-state index contributed by atoms with van der Waals surface area (Å²) in [5, 5.41) is 0.756. The molecule has 2 N–H and O–H groups in total. The van der Waals surface area contributed by atoms with Gasteiger partial charge in [0.15, 0.2) is 0 Å². The van der Waals surface area contributed by atoms with Gasteiger partial charge in [-0.1, -0.05) is 35.9 Å². The van der Waals surface area contributed by atoms with Gasteiger partial charge in [-0.2, -0.15) is 0 Å². The number of benzene rings is 2. The van der Waals surface area contributed by atoms with E-state index < -0.39 is 0 Å². The van der Waals surface area contributed by atoms with Crippen molar-refractivity contribution < 1.29 is 0 Å². The summed E-state index contributed by atoms with van der Waals surface area (Å²) in [5.41, 5.74) is 10.6. The molecule has 0 aromatic heterocycles. The van der Waals surface area contributed by atoms with Gasteiger partial charge in [0.05, 0.1) is 0 Å². The molecule has 2 nitrogen and oxygen atoms in total. The van der Waals surface area contributed by atoms with Gasteiger partial charge >= 0.3 is 0 Å². The highest BCUT2D eigenvalue weighted by Gasteiger charge is 2.16. The Balaban J connectivity index is 2.03. The quantitative estimate of drug-likeness (QED) is 0.893. The maximum absolute atomic E-state index is 6.31. The first-order chi connectivity index (χ1) is 9.79. The van der Waals surface area contributed by atoms with Crippen LogP contribution in [0.4, 0.5) is 11.4 Å². The van der Waals surface area contributed by atoms with Crippen LogP contribution in [0, 0.1) is 0 Å². The molecular formula is C17H19ClN2. The van der Waals surface area contributed by atoms with Gasteiger partial charge in [0, 0.05) is 29.5 Å². The van der Waals surface area contributed by atoms with Crippen molar-refractivity contribution in [1.82, 2.24) is 0 Å². The van der Waals surface area contributed by atoms with Crippen LogP contribution in [-0.4, -0.2) is 6.54 Å². The van der Waals surface area contributed by atoms with Crippen LogP contribution in [0.2, 0.25) is 5.02 Å². The number of hydrogen-bond acceptors (Lipinski definition) is 2. The lowest BCUT2D eigenvalue weighted by Gasteiger charge is -2.25. The number of fused-ring (bicyclic) bond motifs is 1. The number of anilines is 2. The minimum Gasteiger partial charge on any atom is -0.341 e. The summed E-state index contributed by atoms with van der Waals surface area (Å²) >= 11 is 6.31. The van der Waals surface area contributed by atoms with Crippen LogP contribution in [0.1, 0.15) is 24.0 Å². The molecule has 1 heterocycles. The Labute approximate surface area is 125 Å². The zero-order valence-electron chi connectivity index (χ0n) is 11.5. The van der Waals surface area contributed by atoms with Crippen LogP contribution >= 0.6 is 11.6 Å². The molecule has 20 heavy (non-hydrogen) atoms. The third-order valence-electron chi connectivity index (χ3n) is 3.93. The van der Waals surface area contributed by atoms with Crippen molar-refractivity contribution in [3.8, 4) is 0 Å². The normalized spacial score (nSPS) is 14.8. The first kappa shape index (κ1) is 13.5. The van der Waals surface area contributed by atoms with Crippen LogP contribution in [-0.2, 0) is 13.0 Å². The fourth-order valence-electron chi connectivity index (χ4n) is 2.83. The number of rotatable bonds is 2. The first-order valence-corrected chi connectivity index (χ1v) is 7.51. The molecule has 104 valence electrons. The molecule has 0 spiro atoms. The predicted octanol–water partition coefficient (Wildman–Crippen LogP) is 4.27. The second-order valence-corrected chi connectivity index (χ2v) is 5.62. The Morgan fingerprint density at radius 2 is 1.95 bits per heavy atom. The molecule has 0 saturated carbocycles. The van der Waals surface area contributed by atoms with E-state index in [9.17, 15) is 0 Å². The van der Waals surface area contributed by atoms with Gasteiger partial charge in [0.25, 0.3) is 0 Å². The van der Waals surface area contributed by atoms with E-state index in [0.29, 0.717) is 6.54 Å². The zero-order valence-corrected chi connectivity index (χ0v) is 12.2. The Morgan fingerprint density at radius 3 is 2.75 bits per heavy atom. The third-order valence-corrected chi connectivity index (χ3v) is 4.28. The van der Waals surface area contributed by atoms with Crippen molar-refractivity contribution in [3.63, 3.8) is 0 Å². The molecule has 1 aliphatic rings. The van der Waals surface area contributed by atoms with Crippen molar-refractivity contribution in [1.29, 1.82) is 0 Å². The molecule has 0 saturated heterocycles. The van der Waals surface area contributed by atoms with E-state index in [1.54, 1.807) is 0 Å². The number of nitrogens with two attached hydrogens (primary N) is 1. The number of para-hydroxylation sites is 1. The maximum atomic E-state index is 6.31. The third kappa shape index (κ3) is 2.54.